The molecule has 0 atom stereocenters. The van der Waals surface area contributed by atoms with E-state index in [0.29, 0.717) is 40.9 Å². The van der Waals surface area contributed by atoms with Crippen molar-refractivity contribution in [1.82, 2.24) is 9.80 Å². The van der Waals surface area contributed by atoms with E-state index in [2.05, 4.69) is 0 Å². The number of carbonyl (C=O) groups excluding carboxylic acids is 1. The molecule has 2 N–H and O–H groups in total. The van der Waals surface area contributed by atoms with Gasteiger partial charge in [0.2, 0.25) is 0 Å². The third-order valence-corrected chi connectivity index (χ3v) is 6.92. The summed E-state index contributed by atoms with van der Waals surface area (Å²) < 4.78 is 5.44. The monoisotopic (exact) mass is 504 g/mol. The molecule has 180 valence electrons. The van der Waals surface area contributed by atoms with Gasteiger partial charge < -0.3 is 24.7 Å². The minimum Gasteiger partial charge on any atom is -0.491 e. The molecular weight excluding hydrogens is 479 g/mol. The fourth-order valence-corrected chi connectivity index (χ4v) is 4.52. The lowest BCUT2D eigenvalue weighted by atomic mass is 9.92. The van der Waals surface area contributed by atoms with Gasteiger partial charge in [-0.2, -0.15) is 0 Å². The fourth-order valence-electron chi connectivity index (χ4n) is 4.14. The number of hydrogen-bond donors (Lipinski definition) is 2. The molecule has 7 nitrogen and oxygen atoms in total. The van der Waals surface area contributed by atoms with E-state index in [-0.39, 0.29) is 31.7 Å². The highest BCUT2D eigenvalue weighted by Gasteiger charge is 2.37. The molecule has 1 heterocycles. The summed E-state index contributed by atoms with van der Waals surface area (Å²) in [6, 6.07) is 12.7. The summed E-state index contributed by atoms with van der Waals surface area (Å²) in [5, 5.41) is 19.4. The molecule has 0 spiro atoms. The Balaban J connectivity index is 1.67. The van der Waals surface area contributed by atoms with Crippen LogP contribution in [0.15, 0.2) is 48.0 Å². The summed E-state index contributed by atoms with van der Waals surface area (Å²) >= 11 is 12.6. The summed E-state index contributed by atoms with van der Waals surface area (Å²) in [7, 11) is 0. The summed E-state index contributed by atoms with van der Waals surface area (Å²) in [6.45, 7) is 0.763. The van der Waals surface area contributed by atoms with Gasteiger partial charge in [0.25, 0.3) is 5.91 Å². The first-order valence-electron chi connectivity index (χ1n) is 11.2. The SMILES string of the molecule is O=C(O)N1CCC(c2ccc(OCCO)cc2)=C(C(=O)N(Cc2cccc(Cl)c2Cl)C2CC2)C1. The number of halogens is 2. The Morgan fingerprint density at radius 3 is 2.50 bits per heavy atom. The lowest BCUT2D eigenvalue weighted by Crippen LogP contribution is -2.42. The molecular formula is C25H26Cl2N2O5. The zero-order valence-electron chi connectivity index (χ0n) is 18.5. The van der Waals surface area contributed by atoms with Gasteiger partial charge in [0.1, 0.15) is 12.4 Å². The van der Waals surface area contributed by atoms with Gasteiger partial charge in [0.05, 0.1) is 23.2 Å². The van der Waals surface area contributed by atoms with E-state index in [4.69, 9.17) is 33.0 Å². The highest BCUT2D eigenvalue weighted by molar-refractivity contribution is 6.42. The van der Waals surface area contributed by atoms with Crippen molar-refractivity contribution in [3.63, 3.8) is 0 Å². The van der Waals surface area contributed by atoms with Crippen molar-refractivity contribution in [2.75, 3.05) is 26.3 Å². The molecule has 34 heavy (non-hydrogen) atoms. The molecule has 1 aliphatic carbocycles. The Kier molecular flexibility index (Phi) is 7.66. The molecule has 1 saturated carbocycles. The van der Waals surface area contributed by atoms with E-state index in [1.165, 1.54) is 4.90 Å². The minimum atomic E-state index is -1.05. The lowest BCUT2D eigenvalue weighted by molar-refractivity contribution is -0.128. The number of amides is 2. The maximum atomic E-state index is 13.9. The summed E-state index contributed by atoms with van der Waals surface area (Å²) in [4.78, 5) is 28.6. The third-order valence-electron chi connectivity index (χ3n) is 6.06. The highest BCUT2D eigenvalue weighted by Crippen LogP contribution is 2.36. The van der Waals surface area contributed by atoms with E-state index < -0.39 is 6.09 Å². The zero-order valence-corrected chi connectivity index (χ0v) is 20.1. The van der Waals surface area contributed by atoms with Crippen molar-refractivity contribution < 1.29 is 24.5 Å². The van der Waals surface area contributed by atoms with Gasteiger partial charge in [-0.25, -0.2) is 4.79 Å². The summed E-state index contributed by atoms with van der Waals surface area (Å²) in [6.07, 6.45) is 1.17. The minimum absolute atomic E-state index is 0.0265. The zero-order chi connectivity index (χ0) is 24.2. The number of carbonyl (C=O) groups is 2. The van der Waals surface area contributed by atoms with Crippen LogP contribution in [0.1, 0.15) is 30.4 Å². The van der Waals surface area contributed by atoms with E-state index in [0.717, 1.165) is 29.5 Å². The van der Waals surface area contributed by atoms with Crippen LogP contribution in [0, 0.1) is 0 Å². The number of nitrogens with zero attached hydrogens (tertiary/aromatic N) is 2. The average Bonchev–Trinajstić information content (AvgIpc) is 3.68. The van der Waals surface area contributed by atoms with Crippen molar-refractivity contribution in [3.05, 3.63) is 69.2 Å². The first kappa shape index (κ1) is 24.4. The Morgan fingerprint density at radius 1 is 1.12 bits per heavy atom. The van der Waals surface area contributed by atoms with Crippen LogP contribution in [0.3, 0.4) is 0 Å². The van der Waals surface area contributed by atoms with Crippen molar-refractivity contribution in [3.8, 4) is 5.75 Å². The van der Waals surface area contributed by atoms with Crippen LogP contribution in [0.2, 0.25) is 10.0 Å². The highest BCUT2D eigenvalue weighted by atomic mass is 35.5. The molecule has 2 aromatic rings. The van der Waals surface area contributed by atoms with Crippen molar-refractivity contribution in [1.29, 1.82) is 0 Å². The fraction of sp³-hybridized carbons (Fsp3) is 0.360. The van der Waals surface area contributed by atoms with Crippen LogP contribution >= 0.6 is 23.2 Å². The van der Waals surface area contributed by atoms with Crippen LogP contribution in [-0.4, -0.2) is 64.4 Å². The maximum absolute atomic E-state index is 13.9. The Morgan fingerprint density at radius 2 is 1.85 bits per heavy atom. The predicted octanol–water partition coefficient (Wildman–Crippen LogP) is 4.69. The molecule has 0 unspecified atom stereocenters. The summed E-state index contributed by atoms with van der Waals surface area (Å²) in [5.74, 6) is 0.435. The van der Waals surface area contributed by atoms with E-state index in [1.54, 1.807) is 29.2 Å². The van der Waals surface area contributed by atoms with Crippen LogP contribution in [0.25, 0.3) is 5.57 Å². The number of aliphatic hydroxyl groups is 1. The van der Waals surface area contributed by atoms with Gasteiger partial charge in [-0.05, 0) is 54.2 Å². The van der Waals surface area contributed by atoms with Crippen LogP contribution in [-0.2, 0) is 11.3 Å². The van der Waals surface area contributed by atoms with Crippen molar-refractivity contribution >= 4 is 40.8 Å². The number of benzene rings is 2. The maximum Gasteiger partial charge on any atom is 0.407 e. The normalized spacial score (nSPS) is 15.9. The smallest absolute Gasteiger partial charge is 0.407 e. The molecule has 2 aliphatic rings. The molecule has 2 amide bonds. The standard InChI is InChI=1S/C25H26Cl2N2O5/c26-22-3-1-2-17(23(22)27)14-29(18-6-7-18)24(31)21-15-28(25(32)33)11-10-20(21)16-4-8-19(9-5-16)34-13-12-30/h1-5,8-9,18,30H,6-7,10-15H2,(H,32,33). The van der Waals surface area contributed by atoms with Crippen LogP contribution < -0.4 is 4.74 Å². The second-order valence-corrected chi connectivity index (χ2v) is 9.17. The van der Waals surface area contributed by atoms with Crippen molar-refractivity contribution in [2.45, 2.75) is 31.8 Å². The largest absolute Gasteiger partial charge is 0.491 e. The second-order valence-electron chi connectivity index (χ2n) is 8.38. The van der Waals surface area contributed by atoms with Crippen LogP contribution in [0.5, 0.6) is 5.75 Å². The Hall–Kier alpha value is -2.74. The summed E-state index contributed by atoms with van der Waals surface area (Å²) in [5.41, 5.74) is 2.91. The van der Waals surface area contributed by atoms with E-state index >= 15 is 0 Å². The van der Waals surface area contributed by atoms with E-state index in [9.17, 15) is 14.7 Å². The molecule has 0 aromatic heterocycles. The number of ether oxygens (including phenoxy) is 1. The predicted molar refractivity (Wildman–Crippen MR) is 130 cm³/mol. The molecule has 9 heteroatoms. The van der Waals surface area contributed by atoms with Gasteiger partial charge in [-0.1, -0.05) is 47.5 Å². The molecule has 0 bridgehead atoms. The van der Waals surface area contributed by atoms with Gasteiger partial charge in [0.15, 0.2) is 0 Å². The van der Waals surface area contributed by atoms with Gasteiger partial charge in [0, 0.05) is 24.7 Å². The molecule has 1 aliphatic heterocycles. The van der Waals surface area contributed by atoms with Gasteiger partial charge in [-0.3, -0.25) is 4.79 Å². The second kappa shape index (κ2) is 10.7. The molecule has 4 rings (SSSR count). The van der Waals surface area contributed by atoms with Crippen LogP contribution in [0.4, 0.5) is 4.79 Å². The first-order chi connectivity index (χ1) is 16.4. The Labute approximate surface area is 208 Å². The van der Waals surface area contributed by atoms with Crippen molar-refractivity contribution in [2.24, 2.45) is 0 Å². The third kappa shape index (κ3) is 5.49. The van der Waals surface area contributed by atoms with E-state index in [1.807, 2.05) is 18.2 Å². The van der Waals surface area contributed by atoms with Gasteiger partial charge >= 0.3 is 6.09 Å². The average molecular weight is 505 g/mol. The molecule has 2 aromatic carbocycles. The first-order valence-corrected chi connectivity index (χ1v) is 11.9. The van der Waals surface area contributed by atoms with Gasteiger partial charge in [-0.15, -0.1) is 0 Å². The number of hydrogen-bond acceptors (Lipinski definition) is 4. The molecule has 0 saturated heterocycles. The molecule has 1 fully saturated rings. The lowest BCUT2D eigenvalue weighted by Gasteiger charge is -2.32. The number of aliphatic hydroxyl groups excluding tert-OH is 1. The quantitative estimate of drug-likeness (QED) is 0.543. The number of carboxylic acid groups (broad SMARTS) is 1. The Bertz CT molecular complexity index is 1100. The molecule has 0 radical (unpaired) electrons. The topological polar surface area (TPSA) is 90.3 Å². The number of rotatable bonds is 8.